The molecule has 0 spiro atoms. The lowest BCUT2D eigenvalue weighted by atomic mass is 10.2. The zero-order valence-electron chi connectivity index (χ0n) is 9.63. The first-order chi connectivity index (χ1) is 8.38. The van der Waals surface area contributed by atoms with E-state index in [-0.39, 0.29) is 6.29 Å². The summed E-state index contributed by atoms with van der Waals surface area (Å²) in [5.74, 6) is 0.699. The van der Waals surface area contributed by atoms with Gasteiger partial charge in [-0.15, -0.1) is 0 Å². The molecule has 4 nitrogen and oxygen atoms in total. The van der Waals surface area contributed by atoms with Crippen molar-refractivity contribution < 1.29 is 19.0 Å². The van der Waals surface area contributed by atoms with Gasteiger partial charge < -0.3 is 14.2 Å². The lowest BCUT2D eigenvalue weighted by molar-refractivity contribution is -0.183. The second-order valence-corrected chi connectivity index (χ2v) is 3.85. The van der Waals surface area contributed by atoms with Gasteiger partial charge >= 0.3 is 0 Å². The third-order valence-corrected chi connectivity index (χ3v) is 2.51. The molecule has 1 saturated heterocycles. The Morgan fingerprint density at radius 3 is 2.94 bits per heavy atom. The molecule has 0 saturated carbocycles. The predicted octanol–water partition coefficient (Wildman–Crippen LogP) is 2.03. The van der Waals surface area contributed by atoms with Crippen LogP contribution in [0.3, 0.4) is 0 Å². The summed E-state index contributed by atoms with van der Waals surface area (Å²) in [5, 5.41) is 0. The molecule has 0 atom stereocenters. The number of hydrogen-bond acceptors (Lipinski definition) is 4. The summed E-state index contributed by atoms with van der Waals surface area (Å²) in [7, 11) is 0. The van der Waals surface area contributed by atoms with Crippen molar-refractivity contribution >= 4 is 6.29 Å². The van der Waals surface area contributed by atoms with Crippen LogP contribution in [0.4, 0.5) is 0 Å². The van der Waals surface area contributed by atoms with Crippen LogP contribution in [0.2, 0.25) is 0 Å². The number of benzene rings is 1. The lowest BCUT2D eigenvalue weighted by Gasteiger charge is -2.23. The molecule has 0 radical (unpaired) electrons. The molecule has 0 amide bonds. The van der Waals surface area contributed by atoms with E-state index in [1.165, 1.54) is 0 Å². The quantitative estimate of drug-likeness (QED) is 0.734. The number of carbonyl (C=O) groups excluding carboxylic acids is 1. The Kier molecular flexibility index (Phi) is 4.53. The highest BCUT2D eigenvalue weighted by molar-refractivity contribution is 5.75. The molecule has 2 rings (SSSR count). The zero-order chi connectivity index (χ0) is 11.9. The van der Waals surface area contributed by atoms with Crippen LogP contribution in [0, 0.1) is 0 Å². The minimum atomic E-state index is -0.155. The average molecular weight is 236 g/mol. The fraction of sp³-hybridized carbons (Fsp3) is 0.462. The minimum Gasteiger partial charge on any atom is -0.493 e. The molecule has 1 aromatic carbocycles. The van der Waals surface area contributed by atoms with Crippen LogP contribution in [-0.4, -0.2) is 32.4 Å². The Balaban J connectivity index is 1.75. The maximum Gasteiger partial charge on any atom is 0.160 e. The molecule has 0 aromatic heterocycles. The van der Waals surface area contributed by atoms with Crippen molar-refractivity contribution in [3.8, 4) is 5.75 Å². The summed E-state index contributed by atoms with van der Waals surface area (Å²) in [4.78, 5) is 10.6. The summed E-state index contributed by atoms with van der Waals surface area (Å²) < 4.78 is 16.3. The molecule has 4 heteroatoms. The summed E-state index contributed by atoms with van der Waals surface area (Å²) in [6.07, 6.45) is 2.31. The highest BCUT2D eigenvalue weighted by Crippen LogP contribution is 2.14. The van der Waals surface area contributed by atoms with Gasteiger partial charge in [0.2, 0.25) is 0 Å². The molecule has 1 aliphatic rings. The second kappa shape index (κ2) is 6.37. The Morgan fingerprint density at radius 1 is 1.35 bits per heavy atom. The van der Waals surface area contributed by atoms with Crippen LogP contribution >= 0.6 is 0 Å². The van der Waals surface area contributed by atoms with Crippen LogP contribution in [0.5, 0.6) is 5.75 Å². The van der Waals surface area contributed by atoms with E-state index in [1.54, 1.807) is 18.2 Å². The molecule has 1 aliphatic heterocycles. The van der Waals surface area contributed by atoms with Crippen molar-refractivity contribution in [1.82, 2.24) is 0 Å². The molecule has 17 heavy (non-hydrogen) atoms. The van der Waals surface area contributed by atoms with Gasteiger partial charge in [-0.25, -0.2) is 0 Å². The third kappa shape index (κ3) is 3.84. The van der Waals surface area contributed by atoms with E-state index in [4.69, 9.17) is 14.2 Å². The first kappa shape index (κ1) is 12.1. The van der Waals surface area contributed by atoms with Crippen LogP contribution in [0.25, 0.3) is 0 Å². The molecule has 1 aromatic rings. The Morgan fingerprint density at radius 2 is 2.18 bits per heavy atom. The van der Waals surface area contributed by atoms with Crippen LogP contribution in [-0.2, 0) is 9.47 Å². The summed E-state index contributed by atoms with van der Waals surface area (Å²) in [6, 6.07) is 7.09. The van der Waals surface area contributed by atoms with E-state index in [1.807, 2.05) is 6.07 Å². The van der Waals surface area contributed by atoms with E-state index >= 15 is 0 Å². The molecule has 1 heterocycles. The van der Waals surface area contributed by atoms with Gasteiger partial charge in [0.05, 0.1) is 19.8 Å². The number of ether oxygens (including phenoxy) is 3. The number of rotatable bonds is 5. The SMILES string of the molecule is O=Cc1cccc(OCCC2OCCCO2)c1. The monoisotopic (exact) mass is 236 g/mol. The van der Waals surface area contributed by atoms with Gasteiger partial charge in [-0.05, 0) is 18.6 Å². The predicted molar refractivity (Wildman–Crippen MR) is 62.3 cm³/mol. The maximum absolute atomic E-state index is 10.6. The van der Waals surface area contributed by atoms with Gasteiger partial charge in [0.15, 0.2) is 6.29 Å². The zero-order valence-corrected chi connectivity index (χ0v) is 9.63. The highest BCUT2D eigenvalue weighted by atomic mass is 16.7. The van der Waals surface area contributed by atoms with E-state index in [9.17, 15) is 4.79 Å². The molecule has 0 N–H and O–H groups in total. The highest BCUT2D eigenvalue weighted by Gasteiger charge is 2.13. The van der Waals surface area contributed by atoms with Crippen molar-refractivity contribution in [3.05, 3.63) is 29.8 Å². The second-order valence-electron chi connectivity index (χ2n) is 3.85. The number of hydrogen-bond donors (Lipinski definition) is 0. The topological polar surface area (TPSA) is 44.8 Å². The Hall–Kier alpha value is -1.39. The van der Waals surface area contributed by atoms with Gasteiger partial charge in [0, 0.05) is 12.0 Å². The van der Waals surface area contributed by atoms with Crippen molar-refractivity contribution in [2.24, 2.45) is 0 Å². The fourth-order valence-electron chi connectivity index (χ4n) is 1.65. The Bertz CT molecular complexity index is 358. The average Bonchev–Trinajstić information content (AvgIpc) is 2.40. The van der Waals surface area contributed by atoms with E-state index < -0.39 is 0 Å². The lowest BCUT2D eigenvalue weighted by Crippen LogP contribution is -2.26. The van der Waals surface area contributed by atoms with Gasteiger partial charge in [0.25, 0.3) is 0 Å². The molecular weight excluding hydrogens is 220 g/mol. The van der Waals surface area contributed by atoms with Gasteiger partial charge in [-0.2, -0.15) is 0 Å². The Labute approximate surface area is 100 Å². The number of carbonyl (C=O) groups is 1. The molecule has 92 valence electrons. The summed E-state index contributed by atoms with van der Waals surface area (Å²) >= 11 is 0. The van der Waals surface area contributed by atoms with Crippen LogP contribution in [0.15, 0.2) is 24.3 Å². The first-order valence-electron chi connectivity index (χ1n) is 5.80. The van der Waals surface area contributed by atoms with E-state index in [0.717, 1.165) is 25.9 Å². The molecule has 1 fully saturated rings. The summed E-state index contributed by atoms with van der Waals surface area (Å²) in [5.41, 5.74) is 0.618. The van der Waals surface area contributed by atoms with E-state index in [0.29, 0.717) is 24.3 Å². The molecule has 0 aliphatic carbocycles. The van der Waals surface area contributed by atoms with Crippen molar-refractivity contribution in [3.63, 3.8) is 0 Å². The minimum absolute atomic E-state index is 0.155. The van der Waals surface area contributed by atoms with Crippen molar-refractivity contribution in [2.75, 3.05) is 19.8 Å². The fourth-order valence-corrected chi connectivity index (χ4v) is 1.65. The van der Waals surface area contributed by atoms with E-state index in [2.05, 4.69) is 0 Å². The van der Waals surface area contributed by atoms with Gasteiger partial charge in [-0.3, -0.25) is 4.79 Å². The maximum atomic E-state index is 10.6. The first-order valence-corrected chi connectivity index (χ1v) is 5.80. The van der Waals surface area contributed by atoms with Gasteiger partial charge in [0.1, 0.15) is 12.0 Å². The van der Waals surface area contributed by atoms with Crippen molar-refractivity contribution in [1.29, 1.82) is 0 Å². The van der Waals surface area contributed by atoms with Crippen molar-refractivity contribution in [2.45, 2.75) is 19.1 Å². The smallest absolute Gasteiger partial charge is 0.160 e. The molecule has 0 bridgehead atoms. The number of aldehydes is 1. The molecular formula is C13H16O4. The van der Waals surface area contributed by atoms with Gasteiger partial charge in [-0.1, -0.05) is 12.1 Å². The van der Waals surface area contributed by atoms with Crippen LogP contribution < -0.4 is 4.74 Å². The molecule has 0 unspecified atom stereocenters. The van der Waals surface area contributed by atoms with Crippen LogP contribution in [0.1, 0.15) is 23.2 Å². The summed E-state index contributed by atoms with van der Waals surface area (Å²) in [6.45, 7) is 2.03. The third-order valence-electron chi connectivity index (χ3n) is 2.51. The standard InChI is InChI=1S/C13H16O4/c14-10-11-3-1-4-12(9-11)15-8-5-13-16-6-2-7-17-13/h1,3-4,9-10,13H,2,5-8H2. The normalized spacial score (nSPS) is 16.7. The largest absolute Gasteiger partial charge is 0.493 e.